The molecule has 0 aliphatic heterocycles. The number of methoxy groups -OCH3 is 1. The number of nitrogens with one attached hydrogen (secondary N) is 1. The van der Waals surface area contributed by atoms with E-state index in [-0.39, 0.29) is 5.82 Å². The van der Waals surface area contributed by atoms with Crippen LogP contribution in [0.25, 0.3) is 10.9 Å². The number of hydrogen-bond donors (Lipinski definition) is 2. The summed E-state index contributed by atoms with van der Waals surface area (Å²) in [5, 5.41) is 9.11. The highest BCUT2D eigenvalue weighted by atomic mass is 16.5. The molecule has 0 atom stereocenters. The number of ether oxygens (including phenoxy) is 1. The van der Waals surface area contributed by atoms with E-state index >= 15 is 0 Å². The van der Waals surface area contributed by atoms with Gasteiger partial charge in [-0.1, -0.05) is 6.07 Å². The van der Waals surface area contributed by atoms with Crippen molar-refractivity contribution in [1.82, 2.24) is 9.97 Å². The van der Waals surface area contributed by atoms with Crippen LogP contribution in [0.15, 0.2) is 23.0 Å². The van der Waals surface area contributed by atoms with Crippen LogP contribution in [0.1, 0.15) is 16.2 Å². The smallest absolute Gasteiger partial charge is 0.372 e. The van der Waals surface area contributed by atoms with Crippen molar-refractivity contribution in [2.24, 2.45) is 0 Å². The van der Waals surface area contributed by atoms with E-state index < -0.39 is 11.5 Å². The van der Waals surface area contributed by atoms with Gasteiger partial charge in [-0.3, -0.25) is 4.79 Å². The molecule has 0 spiro atoms. The minimum Gasteiger partial charge on any atom is -0.475 e. The molecule has 88 valence electrons. The first-order valence-electron chi connectivity index (χ1n) is 4.87. The Balaban J connectivity index is 2.64. The van der Waals surface area contributed by atoms with E-state index in [2.05, 4.69) is 9.97 Å². The van der Waals surface area contributed by atoms with Gasteiger partial charge in [-0.05, 0) is 17.7 Å². The Hall–Kier alpha value is -2.21. The molecule has 2 aromatic rings. The Morgan fingerprint density at radius 1 is 1.53 bits per heavy atom. The van der Waals surface area contributed by atoms with Crippen LogP contribution in [0.5, 0.6) is 0 Å². The molecule has 1 aromatic carbocycles. The average molecular weight is 234 g/mol. The normalized spacial score (nSPS) is 10.6. The summed E-state index contributed by atoms with van der Waals surface area (Å²) in [5.41, 5.74) is 0.715. The third-order valence-corrected chi connectivity index (χ3v) is 2.28. The van der Waals surface area contributed by atoms with E-state index in [4.69, 9.17) is 9.84 Å². The molecule has 2 N–H and O–H groups in total. The van der Waals surface area contributed by atoms with Gasteiger partial charge in [0.2, 0.25) is 5.82 Å². The van der Waals surface area contributed by atoms with Gasteiger partial charge in [0, 0.05) is 7.11 Å². The number of rotatable bonds is 3. The van der Waals surface area contributed by atoms with Crippen molar-refractivity contribution in [3.8, 4) is 0 Å². The number of carboxylic acids is 1. The molecule has 6 heteroatoms. The minimum atomic E-state index is -1.26. The lowest BCUT2D eigenvalue weighted by Gasteiger charge is -2.02. The zero-order valence-electron chi connectivity index (χ0n) is 9.06. The van der Waals surface area contributed by atoms with Gasteiger partial charge in [0.15, 0.2) is 0 Å². The molecule has 0 bridgehead atoms. The highest BCUT2D eigenvalue weighted by Gasteiger charge is 2.09. The van der Waals surface area contributed by atoms with Crippen LogP contribution in [0.3, 0.4) is 0 Å². The SMILES string of the molecule is COCc1ccc2nc(C(=O)O)[nH]c(=O)c2c1. The Morgan fingerprint density at radius 2 is 2.29 bits per heavy atom. The largest absolute Gasteiger partial charge is 0.475 e. The van der Waals surface area contributed by atoms with Crippen LogP contribution in [0, 0.1) is 0 Å². The van der Waals surface area contributed by atoms with Gasteiger partial charge in [-0.25, -0.2) is 9.78 Å². The van der Waals surface area contributed by atoms with Gasteiger partial charge in [0.1, 0.15) is 0 Å². The molecule has 0 radical (unpaired) electrons. The lowest BCUT2D eigenvalue weighted by Crippen LogP contribution is -2.15. The summed E-state index contributed by atoms with van der Waals surface area (Å²) in [6.45, 7) is 0.385. The molecule has 1 aromatic heterocycles. The Bertz CT molecular complexity index is 633. The molecular formula is C11H10N2O4. The second-order valence-corrected chi connectivity index (χ2v) is 3.50. The summed E-state index contributed by atoms with van der Waals surface area (Å²) in [5.74, 6) is -1.62. The first-order chi connectivity index (χ1) is 8.11. The van der Waals surface area contributed by atoms with Crippen LogP contribution in [0.2, 0.25) is 0 Å². The van der Waals surface area contributed by atoms with Crippen molar-refractivity contribution in [1.29, 1.82) is 0 Å². The van der Waals surface area contributed by atoms with Gasteiger partial charge >= 0.3 is 5.97 Å². The van der Waals surface area contributed by atoms with E-state index in [0.717, 1.165) is 5.56 Å². The molecule has 0 unspecified atom stereocenters. The monoisotopic (exact) mass is 234 g/mol. The standard InChI is InChI=1S/C11H10N2O4/c1-17-5-6-2-3-8-7(4-6)10(14)13-9(12-8)11(15)16/h2-4H,5H2,1H3,(H,15,16)(H,12,13,14). The molecule has 17 heavy (non-hydrogen) atoms. The van der Waals surface area contributed by atoms with Gasteiger partial charge in [0.05, 0.1) is 17.5 Å². The Labute approximate surface area is 95.9 Å². The van der Waals surface area contributed by atoms with Gasteiger partial charge in [-0.15, -0.1) is 0 Å². The maximum absolute atomic E-state index is 11.7. The molecule has 0 aliphatic rings. The molecule has 0 fully saturated rings. The van der Waals surface area contributed by atoms with Crippen LogP contribution >= 0.6 is 0 Å². The second-order valence-electron chi connectivity index (χ2n) is 3.50. The lowest BCUT2D eigenvalue weighted by molar-refractivity contribution is 0.0683. The summed E-state index contributed by atoms with van der Waals surface area (Å²) in [4.78, 5) is 28.4. The van der Waals surface area contributed by atoms with E-state index in [1.165, 1.54) is 0 Å². The van der Waals surface area contributed by atoms with E-state index in [1.807, 2.05) is 0 Å². The van der Waals surface area contributed by atoms with Crippen molar-refractivity contribution >= 4 is 16.9 Å². The lowest BCUT2D eigenvalue weighted by atomic mass is 10.1. The van der Waals surface area contributed by atoms with Crippen molar-refractivity contribution < 1.29 is 14.6 Å². The maximum atomic E-state index is 11.7. The van der Waals surface area contributed by atoms with Gasteiger partial charge < -0.3 is 14.8 Å². The van der Waals surface area contributed by atoms with Crippen molar-refractivity contribution in [2.45, 2.75) is 6.61 Å². The fourth-order valence-corrected chi connectivity index (χ4v) is 1.54. The summed E-state index contributed by atoms with van der Waals surface area (Å²) in [7, 11) is 1.56. The molecule has 0 saturated carbocycles. The predicted molar refractivity (Wildman–Crippen MR) is 60.0 cm³/mol. The zero-order valence-corrected chi connectivity index (χ0v) is 9.06. The number of carbonyl (C=O) groups is 1. The number of benzene rings is 1. The average Bonchev–Trinajstić information content (AvgIpc) is 2.30. The number of aromatic carboxylic acids is 1. The molecule has 6 nitrogen and oxygen atoms in total. The van der Waals surface area contributed by atoms with Crippen molar-refractivity contribution in [3.05, 3.63) is 39.9 Å². The topological polar surface area (TPSA) is 92.3 Å². The molecule has 0 aliphatic carbocycles. The highest BCUT2D eigenvalue weighted by molar-refractivity contribution is 5.87. The van der Waals surface area contributed by atoms with Gasteiger partial charge in [-0.2, -0.15) is 0 Å². The number of nitrogens with zero attached hydrogens (tertiary/aromatic N) is 1. The molecule has 1 heterocycles. The summed E-state index contributed by atoms with van der Waals surface area (Å²) in [6, 6.07) is 4.98. The second kappa shape index (κ2) is 4.34. The van der Waals surface area contributed by atoms with E-state index in [1.54, 1.807) is 25.3 Å². The molecule has 2 rings (SSSR count). The van der Waals surface area contributed by atoms with Crippen LogP contribution in [-0.4, -0.2) is 28.2 Å². The zero-order chi connectivity index (χ0) is 12.4. The quantitative estimate of drug-likeness (QED) is 0.818. The summed E-state index contributed by atoms with van der Waals surface area (Å²) < 4.78 is 4.95. The van der Waals surface area contributed by atoms with Crippen LogP contribution < -0.4 is 5.56 Å². The summed E-state index contributed by atoms with van der Waals surface area (Å²) >= 11 is 0. The highest BCUT2D eigenvalue weighted by Crippen LogP contribution is 2.11. The molecule has 0 saturated heterocycles. The fraction of sp³-hybridized carbons (Fsp3) is 0.182. The Kier molecular flexibility index (Phi) is 2.88. The number of aromatic nitrogens is 2. The van der Waals surface area contributed by atoms with Crippen LogP contribution in [0.4, 0.5) is 0 Å². The number of fused-ring (bicyclic) bond motifs is 1. The number of H-pyrrole nitrogens is 1. The molecular weight excluding hydrogens is 224 g/mol. The van der Waals surface area contributed by atoms with E-state index in [9.17, 15) is 9.59 Å². The predicted octanol–water partition coefficient (Wildman–Crippen LogP) is 0.768. The third kappa shape index (κ3) is 2.16. The van der Waals surface area contributed by atoms with Crippen molar-refractivity contribution in [3.63, 3.8) is 0 Å². The fourth-order valence-electron chi connectivity index (χ4n) is 1.54. The minimum absolute atomic E-state index is 0.351. The molecule has 0 amide bonds. The van der Waals surface area contributed by atoms with Crippen LogP contribution in [-0.2, 0) is 11.3 Å². The number of aromatic amines is 1. The van der Waals surface area contributed by atoms with Gasteiger partial charge in [0.25, 0.3) is 5.56 Å². The maximum Gasteiger partial charge on any atom is 0.372 e. The Morgan fingerprint density at radius 3 is 2.94 bits per heavy atom. The van der Waals surface area contributed by atoms with Crippen molar-refractivity contribution in [2.75, 3.05) is 7.11 Å². The first kappa shape index (κ1) is 11.3. The first-order valence-corrected chi connectivity index (χ1v) is 4.87. The number of carboxylic acid groups (broad SMARTS) is 1. The number of hydrogen-bond acceptors (Lipinski definition) is 4. The van der Waals surface area contributed by atoms with E-state index in [0.29, 0.717) is 17.5 Å². The summed E-state index contributed by atoms with van der Waals surface area (Å²) in [6.07, 6.45) is 0. The third-order valence-electron chi connectivity index (χ3n) is 2.28.